The fraction of sp³-hybridized carbons (Fsp3) is 0.500. The van der Waals surface area contributed by atoms with Gasteiger partial charge in [0.15, 0.2) is 0 Å². The molecule has 186 valence electrons. The molecule has 34 heavy (non-hydrogen) atoms. The van der Waals surface area contributed by atoms with Crippen LogP contribution < -0.4 is 16.4 Å². The Morgan fingerprint density at radius 2 is 1.85 bits per heavy atom. The zero-order valence-corrected chi connectivity index (χ0v) is 21.4. The van der Waals surface area contributed by atoms with Crippen molar-refractivity contribution in [3.63, 3.8) is 0 Å². The standard InChI is InChI=1S/C26H35Cl2N3O3/c1-25(2,3)14-21-26(29,17-7-9-18(27)10-8-17)22(16-5-4-6-19(28)13-16)23(31-21)24(34)30-12-11-20(33)15-32/h4-10,13,20-23,31-33H,11-12,14-15,29H2,1-3H3,(H,30,34)/t20-,21-,22-,23+,26+/m0/s1. The number of carbonyl (C=O) groups is 1. The van der Waals surface area contributed by atoms with E-state index in [1.54, 1.807) is 6.07 Å². The van der Waals surface area contributed by atoms with Crippen LogP contribution in [0.3, 0.4) is 0 Å². The molecule has 1 amide bonds. The van der Waals surface area contributed by atoms with Gasteiger partial charge in [0.05, 0.1) is 24.3 Å². The molecule has 1 aliphatic rings. The molecule has 0 bridgehead atoms. The summed E-state index contributed by atoms with van der Waals surface area (Å²) in [5.74, 6) is -0.627. The van der Waals surface area contributed by atoms with E-state index in [2.05, 4.69) is 31.4 Å². The summed E-state index contributed by atoms with van der Waals surface area (Å²) in [5.41, 5.74) is 8.11. The van der Waals surface area contributed by atoms with E-state index in [0.29, 0.717) is 10.0 Å². The van der Waals surface area contributed by atoms with Gasteiger partial charge < -0.3 is 26.6 Å². The Bertz CT molecular complexity index is 980. The van der Waals surface area contributed by atoms with Crippen LogP contribution in [0, 0.1) is 5.41 Å². The molecule has 2 aromatic rings. The molecule has 5 atom stereocenters. The van der Waals surface area contributed by atoms with Gasteiger partial charge in [0.25, 0.3) is 0 Å². The number of amides is 1. The molecule has 1 fully saturated rings. The lowest BCUT2D eigenvalue weighted by Gasteiger charge is -2.39. The normalized spacial score (nSPS) is 25.8. The maximum absolute atomic E-state index is 13.4. The lowest BCUT2D eigenvalue weighted by molar-refractivity contribution is -0.123. The highest BCUT2D eigenvalue weighted by molar-refractivity contribution is 6.30. The molecule has 2 aromatic carbocycles. The lowest BCUT2D eigenvalue weighted by Crippen LogP contribution is -2.51. The van der Waals surface area contributed by atoms with Crippen molar-refractivity contribution in [1.29, 1.82) is 0 Å². The first-order chi connectivity index (χ1) is 16.0. The van der Waals surface area contributed by atoms with Crippen LogP contribution in [0.2, 0.25) is 10.0 Å². The zero-order chi connectivity index (χ0) is 25.1. The van der Waals surface area contributed by atoms with Crippen LogP contribution in [0.4, 0.5) is 0 Å². The molecule has 0 saturated carbocycles. The molecule has 1 saturated heterocycles. The van der Waals surface area contributed by atoms with Gasteiger partial charge in [-0.1, -0.05) is 68.2 Å². The van der Waals surface area contributed by atoms with E-state index in [4.69, 9.17) is 34.0 Å². The van der Waals surface area contributed by atoms with Crippen LogP contribution in [0.1, 0.15) is 50.7 Å². The van der Waals surface area contributed by atoms with E-state index in [-0.39, 0.29) is 36.9 Å². The van der Waals surface area contributed by atoms with Gasteiger partial charge in [0, 0.05) is 28.5 Å². The van der Waals surface area contributed by atoms with Crippen LogP contribution in [0.15, 0.2) is 48.5 Å². The van der Waals surface area contributed by atoms with Crippen molar-refractivity contribution in [2.45, 2.75) is 63.3 Å². The van der Waals surface area contributed by atoms with Crippen molar-refractivity contribution in [1.82, 2.24) is 10.6 Å². The summed E-state index contributed by atoms with van der Waals surface area (Å²) < 4.78 is 0. The van der Waals surface area contributed by atoms with E-state index in [0.717, 1.165) is 17.5 Å². The second kappa shape index (κ2) is 10.9. The third-order valence-electron chi connectivity index (χ3n) is 6.44. The van der Waals surface area contributed by atoms with Crippen LogP contribution in [0.5, 0.6) is 0 Å². The number of aliphatic hydroxyl groups excluding tert-OH is 2. The van der Waals surface area contributed by atoms with Crippen molar-refractivity contribution in [3.05, 3.63) is 69.7 Å². The van der Waals surface area contributed by atoms with E-state index >= 15 is 0 Å². The molecular weight excluding hydrogens is 473 g/mol. The molecular formula is C26H35Cl2N3O3. The summed E-state index contributed by atoms with van der Waals surface area (Å²) in [4.78, 5) is 13.4. The Labute approximate surface area is 211 Å². The van der Waals surface area contributed by atoms with E-state index in [1.807, 2.05) is 42.5 Å². The molecule has 0 aliphatic carbocycles. The quantitative estimate of drug-likeness (QED) is 0.375. The lowest BCUT2D eigenvalue weighted by atomic mass is 9.68. The molecule has 1 heterocycles. The van der Waals surface area contributed by atoms with Gasteiger partial charge in [-0.25, -0.2) is 0 Å². The van der Waals surface area contributed by atoms with Crippen molar-refractivity contribution >= 4 is 29.1 Å². The number of carbonyl (C=O) groups excluding carboxylic acids is 1. The Kier molecular flexibility index (Phi) is 8.66. The molecule has 6 N–H and O–H groups in total. The van der Waals surface area contributed by atoms with Gasteiger partial charge in [-0.2, -0.15) is 0 Å². The Morgan fingerprint density at radius 1 is 1.18 bits per heavy atom. The van der Waals surface area contributed by atoms with Gasteiger partial charge in [-0.3, -0.25) is 4.79 Å². The predicted octanol–water partition coefficient (Wildman–Crippen LogP) is 3.57. The van der Waals surface area contributed by atoms with E-state index in [9.17, 15) is 9.90 Å². The molecule has 8 heteroatoms. The number of halogens is 2. The largest absolute Gasteiger partial charge is 0.394 e. The van der Waals surface area contributed by atoms with Crippen LogP contribution in [-0.2, 0) is 10.3 Å². The monoisotopic (exact) mass is 507 g/mol. The second-order valence-corrected chi connectivity index (χ2v) is 11.2. The van der Waals surface area contributed by atoms with E-state index < -0.39 is 23.6 Å². The number of hydrogen-bond donors (Lipinski definition) is 5. The average Bonchev–Trinajstić information content (AvgIpc) is 3.05. The maximum atomic E-state index is 13.4. The summed E-state index contributed by atoms with van der Waals surface area (Å²) in [7, 11) is 0. The number of hydrogen-bond acceptors (Lipinski definition) is 5. The van der Waals surface area contributed by atoms with Crippen molar-refractivity contribution < 1.29 is 15.0 Å². The number of benzene rings is 2. The van der Waals surface area contributed by atoms with Gasteiger partial charge in [0.1, 0.15) is 0 Å². The summed E-state index contributed by atoms with van der Waals surface area (Å²) in [6.45, 7) is 6.33. The molecule has 0 aromatic heterocycles. The third kappa shape index (κ3) is 6.11. The van der Waals surface area contributed by atoms with Gasteiger partial charge in [0.2, 0.25) is 5.91 Å². The first-order valence-corrected chi connectivity index (χ1v) is 12.3. The van der Waals surface area contributed by atoms with Crippen molar-refractivity contribution in [2.24, 2.45) is 11.1 Å². The van der Waals surface area contributed by atoms with Crippen molar-refractivity contribution in [3.8, 4) is 0 Å². The smallest absolute Gasteiger partial charge is 0.237 e. The first-order valence-electron chi connectivity index (χ1n) is 11.6. The van der Waals surface area contributed by atoms with Crippen LogP contribution in [0.25, 0.3) is 0 Å². The minimum Gasteiger partial charge on any atom is -0.394 e. The SMILES string of the molecule is CC(C)(C)C[C@@H]1N[C@@H](C(=O)NCC[C@H](O)CO)[C@H](c2cccc(Cl)c2)[C@@]1(N)c1ccc(Cl)cc1. The van der Waals surface area contributed by atoms with Gasteiger partial charge in [-0.05, 0) is 53.6 Å². The molecule has 6 nitrogen and oxygen atoms in total. The summed E-state index contributed by atoms with van der Waals surface area (Å²) >= 11 is 12.5. The topological polar surface area (TPSA) is 108 Å². The van der Waals surface area contributed by atoms with E-state index in [1.165, 1.54) is 0 Å². The molecule has 0 spiro atoms. The summed E-state index contributed by atoms with van der Waals surface area (Å²) in [6, 6.07) is 14.1. The second-order valence-electron chi connectivity index (χ2n) is 10.4. The summed E-state index contributed by atoms with van der Waals surface area (Å²) in [5, 5.41) is 26.4. The highest BCUT2D eigenvalue weighted by Gasteiger charge is 2.56. The van der Waals surface area contributed by atoms with Gasteiger partial charge >= 0.3 is 0 Å². The number of aliphatic hydroxyl groups is 2. The van der Waals surface area contributed by atoms with Gasteiger partial charge in [-0.15, -0.1) is 0 Å². The minimum atomic E-state index is -0.921. The Morgan fingerprint density at radius 3 is 2.44 bits per heavy atom. The maximum Gasteiger partial charge on any atom is 0.237 e. The third-order valence-corrected chi connectivity index (χ3v) is 6.93. The Balaban J connectivity index is 2.07. The van der Waals surface area contributed by atoms with Crippen molar-refractivity contribution in [2.75, 3.05) is 13.2 Å². The first kappa shape index (κ1) is 26.9. The highest BCUT2D eigenvalue weighted by atomic mass is 35.5. The number of nitrogens with two attached hydrogens (primary N) is 1. The summed E-state index contributed by atoms with van der Waals surface area (Å²) in [6.07, 6.45) is 0.112. The number of nitrogens with one attached hydrogen (secondary N) is 2. The Hall–Kier alpha value is -1.67. The molecule has 3 rings (SSSR count). The van der Waals surface area contributed by atoms with Crippen LogP contribution in [-0.4, -0.2) is 47.5 Å². The fourth-order valence-corrected chi connectivity index (χ4v) is 5.19. The highest BCUT2D eigenvalue weighted by Crippen LogP contribution is 2.48. The molecule has 1 aliphatic heterocycles. The number of rotatable bonds is 8. The van der Waals surface area contributed by atoms with Crippen LogP contribution >= 0.6 is 23.2 Å². The molecule has 0 radical (unpaired) electrons. The predicted molar refractivity (Wildman–Crippen MR) is 137 cm³/mol. The minimum absolute atomic E-state index is 0.0514. The fourth-order valence-electron chi connectivity index (χ4n) is 4.86. The average molecular weight is 508 g/mol. The zero-order valence-electron chi connectivity index (χ0n) is 19.9. The molecule has 0 unspecified atom stereocenters.